The number of hydrogen-bond donors (Lipinski definition) is 0. The van der Waals surface area contributed by atoms with Crippen molar-refractivity contribution >= 4 is 0 Å². The Labute approximate surface area is 136 Å². The van der Waals surface area contributed by atoms with Gasteiger partial charge in [-0.1, -0.05) is 13.0 Å². The van der Waals surface area contributed by atoms with Crippen molar-refractivity contribution in [2.24, 2.45) is 7.05 Å². The zero-order valence-electron chi connectivity index (χ0n) is 13.2. The summed E-state index contributed by atoms with van der Waals surface area (Å²) in [4.78, 5) is 0. The van der Waals surface area contributed by atoms with E-state index in [4.69, 9.17) is 0 Å². The molecule has 0 spiro atoms. The molecule has 0 atom stereocenters. The highest BCUT2D eigenvalue weighted by molar-refractivity contribution is 5.59. The van der Waals surface area contributed by atoms with Crippen LogP contribution < -0.4 is 0 Å². The summed E-state index contributed by atoms with van der Waals surface area (Å²) in [6, 6.07) is 5.30. The molecule has 0 aliphatic carbocycles. The first-order chi connectivity index (χ1) is 11.5. The van der Waals surface area contributed by atoms with Crippen molar-refractivity contribution in [2.45, 2.75) is 26.3 Å². The van der Waals surface area contributed by atoms with Gasteiger partial charge >= 0.3 is 0 Å². The Hall–Kier alpha value is -2.64. The fraction of sp³-hybridized carbons (Fsp3) is 0.312. The Morgan fingerprint density at radius 3 is 2.50 bits per heavy atom. The Bertz CT molecular complexity index is 853. The van der Waals surface area contributed by atoms with Gasteiger partial charge in [0.15, 0.2) is 5.82 Å². The van der Waals surface area contributed by atoms with Crippen molar-refractivity contribution in [3.05, 3.63) is 53.5 Å². The third-order valence-corrected chi connectivity index (χ3v) is 3.85. The minimum Gasteiger partial charge on any atom is -0.317 e. The van der Waals surface area contributed by atoms with Gasteiger partial charge in [-0.05, 0) is 18.2 Å². The lowest BCUT2D eigenvalue weighted by atomic mass is 10.1. The normalized spacial score (nSPS) is 11.4. The van der Waals surface area contributed by atoms with Gasteiger partial charge in [0.1, 0.15) is 18.2 Å². The molecule has 0 saturated carbocycles. The summed E-state index contributed by atoms with van der Waals surface area (Å²) in [5.41, 5.74) is 0.347. The maximum Gasteiger partial charge on any atom is 0.266 e. The monoisotopic (exact) mass is 335 g/mol. The lowest BCUT2D eigenvalue weighted by Crippen LogP contribution is -2.08. The predicted octanol–water partition coefficient (Wildman–Crippen LogP) is 3.37. The molecule has 0 saturated heterocycles. The quantitative estimate of drug-likeness (QED) is 0.718. The second-order valence-electron chi connectivity index (χ2n) is 5.38. The summed E-state index contributed by atoms with van der Waals surface area (Å²) >= 11 is 0. The molecule has 0 fully saturated rings. The van der Waals surface area contributed by atoms with Crippen LogP contribution in [0, 0.1) is 5.82 Å². The molecule has 0 aliphatic rings. The molecule has 0 radical (unpaired) electrons. The van der Waals surface area contributed by atoms with E-state index in [-0.39, 0.29) is 0 Å². The molecule has 3 aromatic rings. The molecule has 2 aromatic heterocycles. The maximum atomic E-state index is 13.7. The molecular weight excluding hydrogens is 319 g/mol. The Morgan fingerprint density at radius 2 is 1.88 bits per heavy atom. The summed E-state index contributed by atoms with van der Waals surface area (Å²) in [5, 5.41) is 12.6. The molecule has 0 aliphatic heterocycles. The highest BCUT2D eigenvalue weighted by atomic mass is 19.3. The van der Waals surface area contributed by atoms with Crippen LogP contribution in [0.15, 0.2) is 30.5 Å². The first kappa shape index (κ1) is 16.2. The third-order valence-electron chi connectivity index (χ3n) is 3.85. The Morgan fingerprint density at radius 1 is 1.12 bits per heavy atom. The first-order valence-electron chi connectivity index (χ1n) is 7.48. The van der Waals surface area contributed by atoms with E-state index in [2.05, 4.69) is 15.3 Å². The topological polar surface area (TPSA) is 48.5 Å². The van der Waals surface area contributed by atoms with E-state index in [0.717, 1.165) is 30.2 Å². The lowest BCUT2D eigenvalue weighted by Gasteiger charge is -2.04. The van der Waals surface area contributed by atoms with Crippen molar-refractivity contribution in [1.29, 1.82) is 0 Å². The second kappa shape index (κ2) is 6.46. The zero-order chi connectivity index (χ0) is 17.3. The molecule has 126 valence electrons. The van der Waals surface area contributed by atoms with E-state index in [9.17, 15) is 13.2 Å². The van der Waals surface area contributed by atoms with Gasteiger partial charge in [-0.25, -0.2) is 13.2 Å². The first-order valence-corrected chi connectivity index (χ1v) is 7.48. The predicted molar refractivity (Wildman–Crippen MR) is 82.1 cm³/mol. The van der Waals surface area contributed by atoms with Gasteiger partial charge in [-0.15, -0.1) is 10.2 Å². The largest absolute Gasteiger partial charge is 0.317 e. The molecule has 2 heterocycles. The average Bonchev–Trinajstić information content (AvgIpc) is 3.15. The van der Waals surface area contributed by atoms with Gasteiger partial charge in [0.25, 0.3) is 6.43 Å². The summed E-state index contributed by atoms with van der Waals surface area (Å²) in [6.45, 7) is 2.42. The van der Waals surface area contributed by atoms with Gasteiger partial charge in [0, 0.05) is 25.2 Å². The minimum absolute atomic E-state index is 0.418. The summed E-state index contributed by atoms with van der Waals surface area (Å²) in [6.07, 6.45) is -0.321. The number of benzene rings is 1. The van der Waals surface area contributed by atoms with E-state index in [1.807, 2.05) is 18.5 Å². The van der Waals surface area contributed by atoms with Gasteiger partial charge in [0.2, 0.25) is 0 Å². The smallest absolute Gasteiger partial charge is 0.266 e. The van der Waals surface area contributed by atoms with E-state index >= 15 is 0 Å². The Kier molecular flexibility index (Phi) is 4.37. The molecule has 24 heavy (non-hydrogen) atoms. The van der Waals surface area contributed by atoms with Crippen LogP contribution in [0.2, 0.25) is 0 Å². The van der Waals surface area contributed by atoms with Gasteiger partial charge in [-0.2, -0.15) is 5.10 Å². The molecule has 0 amide bonds. The zero-order valence-corrected chi connectivity index (χ0v) is 13.2. The van der Waals surface area contributed by atoms with Crippen LogP contribution in [0.1, 0.15) is 30.6 Å². The number of aromatic nitrogens is 5. The molecular formula is C16H16F3N5. The van der Waals surface area contributed by atoms with Crippen LogP contribution in [-0.2, 0) is 20.0 Å². The van der Waals surface area contributed by atoms with Crippen molar-refractivity contribution in [3.8, 4) is 11.3 Å². The molecule has 3 rings (SSSR count). The molecule has 5 nitrogen and oxygen atoms in total. The van der Waals surface area contributed by atoms with Gasteiger partial charge < -0.3 is 4.57 Å². The second-order valence-corrected chi connectivity index (χ2v) is 5.38. The summed E-state index contributed by atoms with van der Waals surface area (Å²) in [7, 11) is 1.89. The highest BCUT2D eigenvalue weighted by Gasteiger charge is 2.15. The van der Waals surface area contributed by atoms with Crippen molar-refractivity contribution in [1.82, 2.24) is 24.5 Å². The highest BCUT2D eigenvalue weighted by Crippen LogP contribution is 2.26. The molecule has 0 N–H and O–H groups in total. The fourth-order valence-corrected chi connectivity index (χ4v) is 2.46. The minimum atomic E-state index is -2.83. The van der Waals surface area contributed by atoms with Crippen molar-refractivity contribution in [3.63, 3.8) is 0 Å². The van der Waals surface area contributed by atoms with Gasteiger partial charge in [0.05, 0.1) is 11.3 Å². The number of halogens is 3. The van der Waals surface area contributed by atoms with Crippen LogP contribution in [0.3, 0.4) is 0 Å². The fourth-order valence-electron chi connectivity index (χ4n) is 2.46. The molecule has 0 unspecified atom stereocenters. The number of nitrogens with zero attached hydrogens (tertiary/aromatic N) is 5. The third kappa shape index (κ3) is 3.04. The molecule has 8 heteroatoms. The van der Waals surface area contributed by atoms with Crippen molar-refractivity contribution in [2.75, 3.05) is 0 Å². The van der Waals surface area contributed by atoms with Crippen LogP contribution in [0.25, 0.3) is 11.3 Å². The van der Waals surface area contributed by atoms with Crippen molar-refractivity contribution < 1.29 is 13.2 Å². The molecule has 1 aromatic carbocycles. The van der Waals surface area contributed by atoms with Gasteiger partial charge in [-0.3, -0.25) is 4.68 Å². The number of alkyl halides is 2. The standard InChI is InChI=1S/C16H16F3N5/c1-3-14-20-21-15(23(14)2)9-24-7-6-13(22-24)10-4-5-11(16(18)19)12(17)8-10/h4-8,16H,3,9H2,1-2H3. The number of hydrogen-bond acceptors (Lipinski definition) is 3. The van der Waals surface area contributed by atoms with Crippen LogP contribution in [0.4, 0.5) is 13.2 Å². The lowest BCUT2D eigenvalue weighted by molar-refractivity contribution is 0.146. The van der Waals surface area contributed by atoms with E-state index in [1.165, 1.54) is 6.07 Å². The summed E-state index contributed by atoms with van der Waals surface area (Å²) < 4.78 is 42.5. The van der Waals surface area contributed by atoms with Crippen LogP contribution in [0.5, 0.6) is 0 Å². The van der Waals surface area contributed by atoms with Crippen LogP contribution in [-0.4, -0.2) is 24.5 Å². The Balaban J connectivity index is 1.83. The van der Waals surface area contributed by atoms with E-state index in [0.29, 0.717) is 17.8 Å². The van der Waals surface area contributed by atoms with E-state index < -0.39 is 17.8 Å². The number of rotatable bonds is 5. The number of aryl methyl sites for hydroxylation is 1. The van der Waals surface area contributed by atoms with Crippen LogP contribution >= 0.6 is 0 Å². The van der Waals surface area contributed by atoms with E-state index in [1.54, 1.807) is 16.9 Å². The maximum absolute atomic E-state index is 13.7. The SMILES string of the molecule is CCc1nnc(Cn2ccc(-c3ccc(C(F)F)c(F)c3)n2)n1C. The molecule has 0 bridgehead atoms. The average molecular weight is 335 g/mol. The summed E-state index contributed by atoms with van der Waals surface area (Å²) in [5.74, 6) is 0.695.